The molecule has 2 aliphatic rings. The number of ether oxygens (including phenoxy) is 2. The molecule has 2 heterocycles. The minimum Gasteiger partial charge on any atom is -0.487 e. The van der Waals surface area contributed by atoms with Gasteiger partial charge < -0.3 is 14.6 Å². The van der Waals surface area contributed by atoms with Gasteiger partial charge in [-0.3, -0.25) is 4.90 Å². The summed E-state index contributed by atoms with van der Waals surface area (Å²) in [5, 5.41) is 9.31. The van der Waals surface area contributed by atoms with Crippen molar-refractivity contribution in [2.24, 2.45) is 0 Å². The molecule has 116 valence electrons. The molecule has 0 bridgehead atoms. The average Bonchev–Trinajstić information content (AvgIpc) is 2.76. The van der Waals surface area contributed by atoms with Gasteiger partial charge >= 0.3 is 0 Å². The zero-order valence-electron chi connectivity index (χ0n) is 13.1. The number of fused-ring (bicyclic) bond motifs is 1. The van der Waals surface area contributed by atoms with Crippen molar-refractivity contribution in [3.8, 4) is 5.75 Å². The van der Waals surface area contributed by atoms with Crippen LogP contribution in [0.15, 0.2) is 18.2 Å². The van der Waals surface area contributed by atoms with E-state index in [0.29, 0.717) is 12.6 Å². The number of aliphatic hydroxyl groups excluding tert-OH is 1. The molecule has 21 heavy (non-hydrogen) atoms. The molecule has 0 aromatic heterocycles. The molecule has 1 N–H and O–H groups in total. The second kappa shape index (κ2) is 5.59. The van der Waals surface area contributed by atoms with E-state index in [1.165, 1.54) is 11.1 Å². The third kappa shape index (κ3) is 3.07. The highest BCUT2D eigenvalue weighted by atomic mass is 16.5. The number of aliphatic hydroxyl groups is 1. The van der Waals surface area contributed by atoms with Crippen molar-refractivity contribution in [2.75, 3.05) is 19.8 Å². The molecule has 0 saturated carbocycles. The lowest BCUT2D eigenvalue weighted by atomic mass is 10.00. The van der Waals surface area contributed by atoms with Crippen LogP contribution in [0, 0.1) is 0 Å². The Kier molecular flexibility index (Phi) is 3.95. The van der Waals surface area contributed by atoms with Crippen molar-refractivity contribution in [1.29, 1.82) is 0 Å². The second-order valence-corrected chi connectivity index (χ2v) is 6.86. The van der Waals surface area contributed by atoms with E-state index >= 15 is 0 Å². The second-order valence-electron chi connectivity index (χ2n) is 6.86. The van der Waals surface area contributed by atoms with Crippen LogP contribution in [-0.2, 0) is 17.7 Å². The van der Waals surface area contributed by atoms with Gasteiger partial charge in [-0.1, -0.05) is 18.2 Å². The minimum atomic E-state index is -0.108. The van der Waals surface area contributed by atoms with Gasteiger partial charge in [-0.2, -0.15) is 0 Å². The molecule has 0 aliphatic carbocycles. The topological polar surface area (TPSA) is 41.9 Å². The number of rotatable bonds is 3. The highest BCUT2D eigenvalue weighted by Gasteiger charge is 2.33. The fraction of sp³-hybridized carbons (Fsp3) is 0.647. The monoisotopic (exact) mass is 291 g/mol. The van der Waals surface area contributed by atoms with Gasteiger partial charge in [-0.25, -0.2) is 0 Å². The number of hydrogen-bond acceptors (Lipinski definition) is 4. The number of hydrogen-bond donors (Lipinski definition) is 1. The number of nitrogens with zero attached hydrogens (tertiary/aromatic N) is 1. The van der Waals surface area contributed by atoms with Crippen LogP contribution in [0.25, 0.3) is 0 Å². The van der Waals surface area contributed by atoms with Gasteiger partial charge in [0.15, 0.2) is 0 Å². The Morgan fingerprint density at radius 3 is 2.95 bits per heavy atom. The Morgan fingerprint density at radius 1 is 1.38 bits per heavy atom. The van der Waals surface area contributed by atoms with E-state index in [1.54, 1.807) is 0 Å². The summed E-state index contributed by atoms with van der Waals surface area (Å²) in [4.78, 5) is 2.37. The van der Waals surface area contributed by atoms with Gasteiger partial charge in [0, 0.05) is 31.1 Å². The molecular formula is C17H25NO3. The normalized spacial score (nSPS) is 28.2. The summed E-state index contributed by atoms with van der Waals surface area (Å²) in [6.45, 7) is 8.81. The predicted molar refractivity (Wildman–Crippen MR) is 81.6 cm³/mol. The van der Waals surface area contributed by atoms with E-state index in [0.717, 1.165) is 25.3 Å². The van der Waals surface area contributed by atoms with Gasteiger partial charge in [-0.15, -0.1) is 0 Å². The van der Waals surface area contributed by atoms with Crippen LogP contribution in [0.1, 0.15) is 31.9 Å². The minimum absolute atomic E-state index is 0.0738. The van der Waals surface area contributed by atoms with Crippen LogP contribution in [0.5, 0.6) is 5.75 Å². The maximum Gasteiger partial charge on any atom is 0.127 e. The lowest BCUT2D eigenvalue weighted by molar-refractivity contribution is -0.0807. The largest absolute Gasteiger partial charge is 0.487 e. The third-order valence-corrected chi connectivity index (χ3v) is 4.38. The Morgan fingerprint density at radius 2 is 2.19 bits per heavy atom. The van der Waals surface area contributed by atoms with Crippen LogP contribution >= 0.6 is 0 Å². The highest BCUT2D eigenvalue weighted by Crippen LogP contribution is 2.38. The molecule has 4 nitrogen and oxygen atoms in total. The summed E-state index contributed by atoms with van der Waals surface area (Å²) in [5.41, 5.74) is 2.43. The lowest BCUT2D eigenvalue weighted by Gasteiger charge is -2.37. The first-order valence-electron chi connectivity index (χ1n) is 7.75. The Hall–Kier alpha value is -1.10. The average molecular weight is 291 g/mol. The summed E-state index contributed by atoms with van der Waals surface area (Å²) in [5.74, 6) is 1.06. The van der Waals surface area contributed by atoms with Gasteiger partial charge in [0.05, 0.1) is 19.3 Å². The molecule has 3 rings (SSSR count). The smallest absolute Gasteiger partial charge is 0.127 e. The van der Waals surface area contributed by atoms with Crippen LogP contribution in [0.4, 0.5) is 0 Å². The van der Waals surface area contributed by atoms with Crippen molar-refractivity contribution in [3.05, 3.63) is 29.3 Å². The van der Waals surface area contributed by atoms with Crippen molar-refractivity contribution in [1.82, 2.24) is 4.90 Å². The van der Waals surface area contributed by atoms with E-state index in [9.17, 15) is 5.11 Å². The Bertz CT molecular complexity index is 515. The Balaban J connectivity index is 1.78. The summed E-state index contributed by atoms with van der Waals surface area (Å²) in [6, 6.07) is 6.79. The standard InChI is InChI=1S/C17H25NO3/c1-12-11-20-15(10-19)9-18(12)8-14-6-4-5-13-7-17(2,3)21-16(13)14/h4-6,12,15,19H,7-11H2,1-3H3/t12-,15+/m1/s1. The van der Waals surface area contributed by atoms with Crippen LogP contribution in [0.3, 0.4) is 0 Å². The van der Waals surface area contributed by atoms with Gasteiger partial charge in [-0.05, 0) is 26.3 Å². The van der Waals surface area contributed by atoms with Crippen LogP contribution in [-0.4, -0.2) is 47.5 Å². The van der Waals surface area contributed by atoms with Crippen LogP contribution < -0.4 is 4.74 Å². The van der Waals surface area contributed by atoms with E-state index in [4.69, 9.17) is 9.47 Å². The first kappa shape index (κ1) is 14.8. The molecular weight excluding hydrogens is 266 g/mol. The Labute approximate surface area is 126 Å². The van der Waals surface area contributed by atoms with Crippen molar-refractivity contribution in [3.63, 3.8) is 0 Å². The first-order chi connectivity index (χ1) is 9.98. The fourth-order valence-electron chi connectivity index (χ4n) is 3.23. The number of para-hydroxylation sites is 1. The summed E-state index contributed by atoms with van der Waals surface area (Å²) >= 11 is 0. The molecule has 1 aromatic rings. The first-order valence-corrected chi connectivity index (χ1v) is 7.75. The quantitative estimate of drug-likeness (QED) is 0.924. The molecule has 0 spiro atoms. The van der Waals surface area contributed by atoms with E-state index in [2.05, 4.69) is 43.9 Å². The molecule has 1 saturated heterocycles. The summed E-state index contributed by atoms with van der Waals surface area (Å²) in [7, 11) is 0. The molecule has 0 radical (unpaired) electrons. The summed E-state index contributed by atoms with van der Waals surface area (Å²) in [6.07, 6.45) is 0.893. The fourth-order valence-corrected chi connectivity index (χ4v) is 3.23. The van der Waals surface area contributed by atoms with Crippen molar-refractivity contribution >= 4 is 0 Å². The maximum atomic E-state index is 9.31. The van der Waals surface area contributed by atoms with Gasteiger partial charge in [0.25, 0.3) is 0 Å². The van der Waals surface area contributed by atoms with Crippen molar-refractivity contribution < 1.29 is 14.6 Å². The molecule has 0 unspecified atom stereocenters. The number of morpholine rings is 1. The van der Waals surface area contributed by atoms with Gasteiger partial charge in [0.1, 0.15) is 11.4 Å². The number of benzene rings is 1. The zero-order chi connectivity index (χ0) is 15.0. The lowest BCUT2D eigenvalue weighted by Crippen LogP contribution is -2.48. The SMILES string of the molecule is C[C@@H]1CO[C@H](CO)CN1Cc1cccc2c1OC(C)(C)C2. The molecule has 2 aliphatic heterocycles. The van der Waals surface area contributed by atoms with Gasteiger partial charge in [0.2, 0.25) is 0 Å². The highest BCUT2D eigenvalue weighted by molar-refractivity contribution is 5.45. The summed E-state index contributed by atoms with van der Waals surface area (Å²) < 4.78 is 11.8. The third-order valence-electron chi connectivity index (χ3n) is 4.38. The predicted octanol–water partition coefficient (Wildman–Crippen LogP) is 1.98. The molecule has 2 atom stereocenters. The van der Waals surface area contributed by atoms with Crippen molar-refractivity contribution in [2.45, 2.75) is 51.5 Å². The van der Waals surface area contributed by atoms with E-state index < -0.39 is 0 Å². The van der Waals surface area contributed by atoms with E-state index in [-0.39, 0.29) is 18.3 Å². The molecule has 1 aromatic carbocycles. The molecule has 1 fully saturated rings. The molecule has 4 heteroatoms. The molecule has 0 amide bonds. The van der Waals surface area contributed by atoms with Crippen LogP contribution in [0.2, 0.25) is 0 Å². The van der Waals surface area contributed by atoms with E-state index in [1.807, 2.05) is 0 Å². The zero-order valence-corrected chi connectivity index (χ0v) is 13.1. The maximum absolute atomic E-state index is 9.31.